The topological polar surface area (TPSA) is 63.2 Å². The maximum Gasteiger partial charge on any atom is 0.239 e. The third kappa shape index (κ3) is 2.22. The first-order chi connectivity index (χ1) is 11.7. The Balaban J connectivity index is 1.84. The quantitative estimate of drug-likeness (QED) is 0.652. The van der Waals surface area contributed by atoms with Gasteiger partial charge in [0.1, 0.15) is 5.41 Å². The van der Waals surface area contributed by atoms with E-state index in [1.165, 1.54) is 5.56 Å². The van der Waals surface area contributed by atoms with Gasteiger partial charge in [-0.15, -0.1) is 0 Å². The molecule has 0 heterocycles. The van der Waals surface area contributed by atoms with Crippen molar-refractivity contribution in [2.24, 2.45) is 16.2 Å². The van der Waals surface area contributed by atoms with Crippen molar-refractivity contribution in [1.29, 1.82) is 0 Å². The molecular formula is C21H27NO3. The number of amides is 1. The fraction of sp³-hybridized carbons (Fsp3) is 0.571. The number of nitrogens with one attached hydrogen (secondary N) is 1. The van der Waals surface area contributed by atoms with Gasteiger partial charge in [0.2, 0.25) is 17.5 Å². The summed E-state index contributed by atoms with van der Waals surface area (Å²) in [6, 6.07) is 7.77. The number of anilines is 1. The van der Waals surface area contributed by atoms with Gasteiger partial charge >= 0.3 is 0 Å². The number of benzene rings is 1. The lowest BCUT2D eigenvalue weighted by Crippen LogP contribution is -2.47. The van der Waals surface area contributed by atoms with Gasteiger partial charge in [-0.05, 0) is 48.8 Å². The van der Waals surface area contributed by atoms with E-state index >= 15 is 0 Å². The highest BCUT2D eigenvalue weighted by Gasteiger charge is 2.77. The third-order valence-electron chi connectivity index (χ3n) is 6.96. The molecule has 4 nitrogen and oxygen atoms in total. The molecule has 1 amide bonds. The average molecular weight is 341 g/mol. The van der Waals surface area contributed by atoms with Crippen molar-refractivity contribution < 1.29 is 14.4 Å². The van der Waals surface area contributed by atoms with Gasteiger partial charge in [-0.1, -0.05) is 46.2 Å². The van der Waals surface area contributed by atoms with Crippen LogP contribution in [0.5, 0.6) is 0 Å². The molecule has 3 rings (SSSR count). The van der Waals surface area contributed by atoms with Crippen LogP contribution in [0, 0.1) is 16.2 Å². The molecule has 4 heteroatoms. The van der Waals surface area contributed by atoms with Crippen LogP contribution in [0.15, 0.2) is 24.3 Å². The van der Waals surface area contributed by atoms with Gasteiger partial charge in [-0.2, -0.15) is 0 Å². The Hall–Kier alpha value is -1.97. The molecule has 2 fully saturated rings. The minimum Gasteiger partial charge on any atom is -0.325 e. The van der Waals surface area contributed by atoms with Crippen LogP contribution in [0.4, 0.5) is 5.69 Å². The van der Waals surface area contributed by atoms with E-state index in [9.17, 15) is 14.4 Å². The fourth-order valence-electron chi connectivity index (χ4n) is 4.65. The van der Waals surface area contributed by atoms with Crippen molar-refractivity contribution in [3.05, 3.63) is 29.8 Å². The summed E-state index contributed by atoms with van der Waals surface area (Å²) in [5, 5.41) is 2.90. The first-order valence-corrected chi connectivity index (χ1v) is 9.20. The molecule has 0 radical (unpaired) electrons. The van der Waals surface area contributed by atoms with E-state index in [1.54, 1.807) is 0 Å². The van der Waals surface area contributed by atoms with Gasteiger partial charge in [0, 0.05) is 11.1 Å². The van der Waals surface area contributed by atoms with Gasteiger partial charge < -0.3 is 5.32 Å². The van der Waals surface area contributed by atoms with Crippen LogP contribution < -0.4 is 5.32 Å². The molecule has 134 valence electrons. The zero-order valence-electron chi connectivity index (χ0n) is 15.6. The Labute approximate surface area is 149 Å². The zero-order valence-corrected chi connectivity index (χ0v) is 15.6. The van der Waals surface area contributed by atoms with Gasteiger partial charge in [-0.3, -0.25) is 14.4 Å². The molecule has 2 aliphatic rings. The van der Waals surface area contributed by atoms with Crippen LogP contribution >= 0.6 is 0 Å². The molecule has 0 spiro atoms. The van der Waals surface area contributed by atoms with E-state index in [1.807, 2.05) is 45.0 Å². The molecule has 1 aromatic carbocycles. The summed E-state index contributed by atoms with van der Waals surface area (Å²) in [7, 11) is 0. The summed E-state index contributed by atoms with van der Waals surface area (Å²) >= 11 is 0. The maximum absolute atomic E-state index is 13.1. The van der Waals surface area contributed by atoms with E-state index in [0.29, 0.717) is 18.5 Å². The van der Waals surface area contributed by atoms with Gasteiger partial charge in [0.25, 0.3) is 0 Å². The Morgan fingerprint density at radius 2 is 1.68 bits per heavy atom. The summed E-state index contributed by atoms with van der Waals surface area (Å²) in [4.78, 5) is 38.3. The summed E-state index contributed by atoms with van der Waals surface area (Å²) in [6.45, 7) is 7.76. The highest BCUT2D eigenvalue weighted by atomic mass is 16.2. The molecule has 0 unspecified atom stereocenters. The van der Waals surface area contributed by atoms with Crippen molar-refractivity contribution in [3.8, 4) is 0 Å². The lowest BCUT2D eigenvalue weighted by Gasteiger charge is -2.37. The largest absolute Gasteiger partial charge is 0.325 e. The molecular weight excluding hydrogens is 314 g/mol. The highest BCUT2D eigenvalue weighted by Crippen LogP contribution is 2.69. The van der Waals surface area contributed by atoms with Crippen molar-refractivity contribution in [3.63, 3.8) is 0 Å². The molecule has 0 aliphatic heterocycles. The van der Waals surface area contributed by atoms with Crippen LogP contribution in [-0.4, -0.2) is 17.5 Å². The molecule has 2 aliphatic carbocycles. The third-order valence-corrected chi connectivity index (χ3v) is 6.96. The second kappa shape index (κ2) is 5.79. The van der Waals surface area contributed by atoms with Crippen molar-refractivity contribution in [1.82, 2.24) is 0 Å². The van der Waals surface area contributed by atoms with Crippen LogP contribution in [0.25, 0.3) is 0 Å². The van der Waals surface area contributed by atoms with Gasteiger partial charge in [0.05, 0.1) is 0 Å². The lowest BCUT2D eigenvalue weighted by atomic mass is 9.64. The number of hydrogen-bond acceptors (Lipinski definition) is 3. The number of ketones is 2. The second-order valence-corrected chi connectivity index (χ2v) is 8.28. The van der Waals surface area contributed by atoms with E-state index < -0.39 is 22.0 Å². The number of Topliss-reactive ketones (excluding diaryl/α,β-unsaturated/α-hetero) is 2. The summed E-state index contributed by atoms with van der Waals surface area (Å²) in [6.07, 6.45) is 4.34. The van der Waals surface area contributed by atoms with Crippen molar-refractivity contribution in [2.75, 3.05) is 5.32 Å². The summed E-state index contributed by atoms with van der Waals surface area (Å²) in [5.41, 5.74) is -0.722. The van der Waals surface area contributed by atoms with Crippen LogP contribution in [0.3, 0.4) is 0 Å². The predicted octanol–water partition coefficient (Wildman–Crippen LogP) is 3.93. The average Bonchev–Trinajstić information content (AvgIpc) is 2.86. The molecule has 1 N–H and O–H groups in total. The number of aryl methyl sites for hydroxylation is 1. The Kier molecular flexibility index (Phi) is 4.13. The van der Waals surface area contributed by atoms with Crippen molar-refractivity contribution >= 4 is 23.2 Å². The Morgan fingerprint density at radius 1 is 1.04 bits per heavy atom. The molecule has 0 aromatic heterocycles. The molecule has 2 bridgehead atoms. The number of carbonyl (C=O) groups excluding carboxylic acids is 3. The van der Waals surface area contributed by atoms with E-state index in [0.717, 1.165) is 19.3 Å². The summed E-state index contributed by atoms with van der Waals surface area (Å²) < 4.78 is 0. The minimum absolute atomic E-state index is 0.335. The van der Waals surface area contributed by atoms with E-state index in [2.05, 4.69) is 12.2 Å². The predicted molar refractivity (Wildman–Crippen MR) is 97.3 cm³/mol. The van der Waals surface area contributed by atoms with Crippen molar-refractivity contribution in [2.45, 2.75) is 59.8 Å². The Morgan fingerprint density at radius 3 is 2.20 bits per heavy atom. The maximum atomic E-state index is 13.1. The SMILES string of the molecule is CCCCc1ccc(NC(=O)[C@@]23CC[C@](C)(C(=O)C2=O)C3(C)C)cc1. The number of unbranched alkanes of at least 4 members (excludes halogenated alkanes) is 1. The number of fused-ring (bicyclic) bond motifs is 2. The number of carbonyl (C=O) groups is 3. The molecule has 2 saturated carbocycles. The van der Waals surface area contributed by atoms with Crippen LogP contribution in [-0.2, 0) is 20.8 Å². The second-order valence-electron chi connectivity index (χ2n) is 8.28. The molecule has 1 aromatic rings. The van der Waals surface area contributed by atoms with Crippen LogP contribution in [0.2, 0.25) is 0 Å². The molecule has 25 heavy (non-hydrogen) atoms. The standard InChI is InChI=1S/C21H27NO3/c1-5-6-7-14-8-10-15(11-9-14)22-18(25)21-13-12-20(4,19(21,2)3)16(23)17(21)24/h8-11H,5-7,12-13H2,1-4H3,(H,22,25)/t20-,21-/m1/s1. The number of rotatable bonds is 5. The van der Waals surface area contributed by atoms with E-state index in [4.69, 9.17) is 0 Å². The smallest absolute Gasteiger partial charge is 0.239 e. The first kappa shape index (κ1) is 17.8. The highest BCUT2D eigenvalue weighted by molar-refractivity contribution is 6.49. The van der Waals surface area contributed by atoms with Gasteiger partial charge in [-0.25, -0.2) is 0 Å². The van der Waals surface area contributed by atoms with Crippen LogP contribution in [0.1, 0.15) is 58.9 Å². The van der Waals surface area contributed by atoms with Gasteiger partial charge in [0.15, 0.2) is 0 Å². The zero-order chi connectivity index (χ0) is 18.5. The lowest BCUT2D eigenvalue weighted by molar-refractivity contribution is -0.147. The number of hydrogen-bond donors (Lipinski definition) is 1. The van der Waals surface area contributed by atoms with E-state index in [-0.39, 0.29) is 11.7 Å². The molecule has 0 saturated heterocycles. The monoisotopic (exact) mass is 341 g/mol. The Bertz CT molecular complexity index is 734. The normalized spacial score (nSPS) is 29.9. The molecule has 2 atom stereocenters. The minimum atomic E-state index is -1.24. The fourth-order valence-corrected chi connectivity index (χ4v) is 4.65. The first-order valence-electron chi connectivity index (χ1n) is 9.20. The summed E-state index contributed by atoms with van der Waals surface area (Å²) in [5.74, 6) is -1.23.